The molecule has 10 nitrogen and oxygen atoms in total. The number of nitrogens with two attached hydrogens (primary N) is 2. The fourth-order valence-corrected chi connectivity index (χ4v) is 4.52. The number of hydrogen-bond donors (Lipinski definition) is 4. The minimum Gasteiger partial charge on any atom is -0.481 e. The first kappa shape index (κ1) is 30.6. The van der Waals surface area contributed by atoms with Gasteiger partial charge in [-0.1, -0.05) is 0 Å². The van der Waals surface area contributed by atoms with Gasteiger partial charge in [-0.15, -0.1) is 0 Å². The number of carbonyl (C=O) groups is 2. The highest BCUT2D eigenvalue weighted by molar-refractivity contribution is 6.43. The SMILES string of the molecule is COc1ncc(C(F)(F)F)cc1CN=C/C(=C\N)NC(=O)C(NC(=O)C(/C=C\N)=NC(C)C)C(C1CC1)C1CC1. The average Bonchev–Trinajstić information content (AvgIpc) is 3.82. The molecule has 218 valence electrons. The number of methoxy groups -OCH3 is 1. The molecule has 1 atom stereocenters. The molecule has 1 unspecified atom stereocenters. The van der Waals surface area contributed by atoms with E-state index in [1.807, 2.05) is 13.8 Å². The van der Waals surface area contributed by atoms with Crippen molar-refractivity contribution in [3.63, 3.8) is 0 Å². The number of nitrogens with one attached hydrogen (secondary N) is 2. The third-order valence-electron chi connectivity index (χ3n) is 6.56. The minimum absolute atomic E-state index is 0.00246. The Bertz CT molecular complexity index is 1170. The second-order valence-electron chi connectivity index (χ2n) is 10.1. The van der Waals surface area contributed by atoms with Crippen LogP contribution < -0.4 is 26.8 Å². The molecule has 2 fully saturated rings. The monoisotopic (exact) mass is 563 g/mol. The van der Waals surface area contributed by atoms with E-state index in [9.17, 15) is 22.8 Å². The Hall–Kier alpha value is -3.90. The van der Waals surface area contributed by atoms with Gasteiger partial charge in [0.25, 0.3) is 5.91 Å². The van der Waals surface area contributed by atoms with Crippen molar-refractivity contribution in [3.05, 3.63) is 47.6 Å². The van der Waals surface area contributed by atoms with Crippen molar-refractivity contribution in [2.45, 2.75) is 64.3 Å². The number of nitrogens with zero attached hydrogens (tertiary/aromatic N) is 3. The summed E-state index contributed by atoms with van der Waals surface area (Å²) in [6, 6.07) is -0.117. The quantitative estimate of drug-likeness (QED) is 0.270. The molecule has 6 N–H and O–H groups in total. The molecule has 2 aliphatic rings. The Kier molecular flexibility index (Phi) is 10.3. The summed E-state index contributed by atoms with van der Waals surface area (Å²) < 4.78 is 44.4. The number of halogens is 3. The number of rotatable bonds is 13. The first-order valence-electron chi connectivity index (χ1n) is 13.1. The average molecular weight is 564 g/mol. The fraction of sp³-hybridized carbons (Fsp3) is 0.519. The summed E-state index contributed by atoms with van der Waals surface area (Å²) in [5.41, 5.74) is 10.6. The van der Waals surface area contributed by atoms with Gasteiger partial charge >= 0.3 is 6.18 Å². The lowest BCUT2D eigenvalue weighted by atomic mass is 9.88. The van der Waals surface area contributed by atoms with Gasteiger partial charge in [0.2, 0.25) is 11.8 Å². The summed E-state index contributed by atoms with van der Waals surface area (Å²) in [7, 11) is 1.29. The van der Waals surface area contributed by atoms with Crippen LogP contribution in [0, 0.1) is 17.8 Å². The van der Waals surface area contributed by atoms with Crippen LogP contribution in [0.1, 0.15) is 50.7 Å². The first-order chi connectivity index (χ1) is 19.0. The van der Waals surface area contributed by atoms with Crippen molar-refractivity contribution >= 4 is 23.7 Å². The van der Waals surface area contributed by atoms with E-state index >= 15 is 0 Å². The third-order valence-corrected chi connectivity index (χ3v) is 6.56. The zero-order valence-corrected chi connectivity index (χ0v) is 22.7. The molecule has 40 heavy (non-hydrogen) atoms. The van der Waals surface area contributed by atoms with Crippen LogP contribution in [-0.2, 0) is 22.3 Å². The largest absolute Gasteiger partial charge is 0.481 e. The van der Waals surface area contributed by atoms with Gasteiger partial charge in [-0.3, -0.25) is 19.6 Å². The van der Waals surface area contributed by atoms with Crippen molar-refractivity contribution < 1.29 is 27.5 Å². The number of pyridine rings is 1. The molecule has 13 heteroatoms. The van der Waals surface area contributed by atoms with Crippen LogP contribution in [-0.4, -0.2) is 47.9 Å². The number of alkyl halides is 3. The molecular formula is C27H36F3N7O3. The highest BCUT2D eigenvalue weighted by Gasteiger charge is 2.48. The lowest BCUT2D eigenvalue weighted by Gasteiger charge is -2.27. The van der Waals surface area contributed by atoms with Crippen molar-refractivity contribution in [1.29, 1.82) is 0 Å². The summed E-state index contributed by atoms with van der Waals surface area (Å²) in [5, 5.41) is 5.57. The minimum atomic E-state index is -4.58. The van der Waals surface area contributed by atoms with Crippen LogP contribution >= 0.6 is 0 Å². The number of ether oxygens (including phenoxy) is 1. The maximum Gasteiger partial charge on any atom is 0.417 e. The zero-order chi connectivity index (χ0) is 29.4. The van der Waals surface area contributed by atoms with Crippen LogP contribution in [0.3, 0.4) is 0 Å². The third kappa shape index (κ3) is 8.55. The Balaban J connectivity index is 1.78. The second-order valence-corrected chi connectivity index (χ2v) is 10.1. The second kappa shape index (κ2) is 13.4. The highest BCUT2D eigenvalue weighted by Crippen LogP contribution is 2.50. The van der Waals surface area contributed by atoms with Crippen molar-refractivity contribution in [2.24, 2.45) is 39.2 Å². The number of amides is 2. The van der Waals surface area contributed by atoms with Crippen molar-refractivity contribution in [3.8, 4) is 5.88 Å². The van der Waals surface area contributed by atoms with E-state index in [-0.39, 0.29) is 41.4 Å². The normalized spacial score (nSPS) is 17.6. The molecule has 2 aliphatic carbocycles. The van der Waals surface area contributed by atoms with E-state index in [1.54, 1.807) is 0 Å². The number of aromatic nitrogens is 1. The molecule has 0 aliphatic heterocycles. The molecule has 1 aromatic rings. The topological polar surface area (TPSA) is 157 Å². The summed E-state index contributed by atoms with van der Waals surface area (Å²) in [5.74, 6) is -0.407. The van der Waals surface area contributed by atoms with Crippen molar-refractivity contribution in [1.82, 2.24) is 15.6 Å². The summed E-state index contributed by atoms with van der Waals surface area (Å²) in [6.45, 7) is 3.43. The highest BCUT2D eigenvalue weighted by atomic mass is 19.4. The molecule has 0 spiro atoms. The lowest BCUT2D eigenvalue weighted by molar-refractivity contribution is -0.138. The number of aliphatic imine (C=N–C) groups is 2. The van der Waals surface area contributed by atoms with E-state index < -0.39 is 29.6 Å². The van der Waals surface area contributed by atoms with Gasteiger partial charge in [0.05, 0.1) is 24.9 Å². The standard InChI is InChI=1S/C27H36F3N7O3/c1-15(2)35-21(8-9-31)24(38)37-23(22(16-4-5-16)17-6-7-17)25(39)36-20(11-32)14-33-12-18-10-19(27(28,29)30)13-34-26(18)40-3/h8-11,13-17,22-23H,4-7,12,31-32H2,1-3H3,(H,36,39)(H,37,38)/b9-8-,20-11+,33-14?,35-21?. The Morgan fingerprint density at radius 1 is 1.20 bits per heavy atom. The van der Waals surface area contributed by atoms with Gasteiger partial charge in [-0.05, 0) is 75.6 Å². The van der Waals surface area contributed by atoms with E-state index in [2.05, 4.69) is 25.6 Å². The number of allylic oxidation sites excluding steroid dienone is 1. The van der Waals surface area contributed by atoms with E-state index in [0.717, 1.165) is 37.9 Å². The number of carbonyl (C=O) groups excluding carboxylic acids is 2. The smallest absolute Gasteiger partial charge is 0.417 e. The lowest BCUT2D eigenvalue weighted by Crippen LogP contribution is -2.53. The molecule has 0 aromatic carbocycles. The van der Waals surface area contributed by atoms with Gasteiger partial charge in [0, 0.05) is 30.2 Å². The maximum atomic E-state index is 13.5. The zero-order valence-electron chi connectivity index (χ0n) is 22.7. The number of hydrogen-bond acceptors (Lipinski definition) is 8. The van der Waals surface area contributed by atoms with Gasteiger partial charge in [-0.25, -0.2) is 4.98 Å². The summed E-state index contributed by atoms with van der Waals surface area (Å²) in [6.07, 6.45) is 4.98. The Labute approximate surface area is 231 Å². The maximum absolute atomic E-state index is 13.5. The predicted molar refractivity (Wildman–Crippen MR) is 145 cm³/mol. The van der Waals surface area contributed by atoms with Crippen LogP contribution in [0.4, 0.5) is 13.2 Å². The molecular weight excluding hydrogens is 527 g/mol. The van der Waals surface area contributed by atoms with Gasteiger partial charge in [-0.2, -0.15) is 13.2 Å². The van der Waals surface area contributed by atoms with Crippen molar-refractivity contribution in [2.75, 3.05) is 7.11 Å². The molecule has 2 amide bonds. The van der Waals surface area contributed by atoms with E-state index in [4.69, 9.17) is 16.2 Å². The van der Waals surface area contributed by atoms with Gasteiger partial charge < -0.3 is 26.8 Å². The van der Waals surface area contributed by atoms with E-state index in [1.165, 1.54) is 25.6 Å². The van der Waals surface area contributed by atoms with Gasteiger partial charge in [0.15, 0.2) is 0 Å². The Morgan fingerprint density at radius 3 is 2.35 bits per heavy atom. The Morgan fingerprint density at radius 2 is 1.85 bits per heavy atom. The van der Waals surface area contributed by atoms with Gasteiger partial charge in [0.1, 0.15) is 11.8 Å². The summed E-state index contributed by atoms with van der Waals surface area (Å²) >= 11 is 0. The summed E-state index contributed by atoms with van der Waals surface area (Å²) in [4.78, 5) is 38.8. The molecule has 2 saturated carbocycles. The molecule has 1 heterocycles. The molecule has 1 aromatic heterocycles. The predicted octanol–water partition coefficient (Wildman–Crippen LogP) is 2.84. The van der Waals surface area contributed by atoms with E-state index in [0.29, 0.717) is 18.0 Å². The van der Waals surface area contributed by atoms with Crippen LogP contribution in [0.2, 0.25) is 0 Å². The molecule has 3 rings (SSSR count). The fourth-order valence-electron chi connectivity index (χ4n) is 4.52. The van der Waals surface area contributed by atoms with Crippen LogP contribution in [0.25, 0.3) is 0 Å². The molecule has 0 radical (unpaired) electrons. The first-order valence-corrected chi connectivity index (χ1v) is 13.1. The van der Waals surface area contributed by atoms with Crippen LogP contribution in [0.15, 0.2) is 46.4 Å². The van der Waals surface area contributed by atoms with Crippen LogP contribution in [0.5, 0.6) is 5.88 Å². The molecule has 0 saturated heterocycles. The molecule has 0 bridgehead atoms.